The molecule has 1 amide bonds. The van der Waals surface area contributed by atoms with Gasteiger partial charge in [-0.3, -0.25) is 9.79 Å². The zero-order valence-corrected chi connectivity index (χ0v) is 16.9. The fourth-order valence-electron chi connectivity index (χ4n) is 2.39. The van der Waals surface area contributed by atoms with Crippen LogP contribution < -0.4 is 20.7 Å². The number of guanidine groups is 1. The number of nitrogens with zero attached hydrogens (tertiary/aromatic N) is 2. The molecule has 0 aliphatic carbocycles. The van der Waals surface area contributed by atoms with Crippen molar-refractivity contribution in [2.75, 3.05) is 33.3 Å². The molecule has 0 aliphatic rings. The summed E-state index contributed by atoms with van der Waals surface area (Å²) in [6, 6.07) is 10.7. The number of hydrogen-bond donors (Lipinski definition) is 3. The van der Waals surface area contributed by atoms with Gasteiger partial charge in [0.1, 0.15) is 10.9 Å². The summed E-state index contributed by atoms with van der Waals surface area (Å²) in [7, 11) is 1.59. The van der Waals surface area contributed by atoms with E-state index in [-0.39, 0.29) is 5.91 Å². The predicted octanol–water partition coefficient (Wildman–Crippen LogP) is 2.27. The van der Waals surface area contributed by atoms with Gasteiger partial charge in [0.05, 0.1) is 7.11 Å². The van der Waals surface area contributed by atoms with E-state index in [1.165, 1.54) is 0 Å². The Morgan fingerprint density at radius 1 is 1.11 bits per heavy atom. The van der Waals surface area contributed by atoms with Crippen LogP contribution >= 0.6 is 11.6 Å². The van der Waals surface area contributed by atoms with Gasteiger partial charge in [0.25, 0.3) is 5.91 Å². The van der Waals surface area contributed by atoms with Gasteiger partial charge in [-0.25, -0.2) is 4.98 Å². The van der Waals surface area contributed by atoms with E-state index in [2.05, 4.69) is 25.9 Å². The van der Waals surface area contributed by atoms with Crippen LogP contribution in [0.5, 0.6) is 5.75 Å². The van der Waals surface area contributed by atoms with Crippen LogP contribution in [0.15, 0.2) is 47.6 Å². The van der Waals surface area contributed by atoms with Gasteiger partial charge in [-0.2, -0.15) is 0 Å². The Bertz CT molecular complexity index is 763. The van der Waals surface area contributed by atoms with E-state index >= 15 is 0 Å². The molecule has 1 aromatic carbocycles. The maximum absolute atomic E-state index is 12.1. The van der Waals surface area contributed by atoms with E-state index in [4.69, 9.17) is 16.3 Å². The standard InChI is InChI=1S/C20H26ClN5O2/c1-3-22-20(24-11-10-15-4-9-18(21)26-14-15)25-13-12-23-19(27)16-5-7-17(28-2)8-6-16/h4-9,14H,3,10-13H2,1-2H3,(H,23,27)(H2,22,24,25). The summed E-state index contributed by atoms with van der Waals surface area (Å²) in [6.07, 6.45) is 2.53. The highest BCUT2D eigenvalue weighted by atomic mass is 35.5. The second-order valence-corrected chi connectivity index (χ2v) is 6.30. The van der Waals surface area contributed by atoms with Crippen LogP contribution in [-0.4, -0.2) is 50.1 Å². The molecule has 2 aromatic rings. The molecule has 0 saturated heterocycles. The molecule has 0 spiro atoms. The van der Waals surface area contributed by atoms with E-state index in [9.17, 15) is 4.79 Å². The first-order chi connectivity index (χ1) is 13.6. The van der Waals surface area contributed by atoms with Gasteiger partial charge in [-0.1, -0.05) is 17.7 Å². The van der Waals surface area contributed by atoms with Crippen molar-refractivity contribution in [1.82, 2.24) is 20.9 Å². The molecule has 0 atom stereocenters. The van der Waals surface area contributed by atoms with E-state index in [1.807, 2.05) is 13.0 Å². The zero-order valence-electron chi connectivity index (χ0n) is 16.2. The first-order valence-corrected chi connectivity index (χ1v) is 9.55. The summed E-state index contributed by atoms with van der Waals surface area (Å²) in [5, 5.41) is 9.76. The minimum Gasteiger partial charge on any atom is -0.497 e. The van der Waals surface area contributed by atoms with E-state index in [0.29, 0.717) is 36.3 Å². The molecule has 1 heterocycles. The highest BCUT2D eigenvalue weighted by molar-refractivity contribution is 6.29. The molecule has 2 rings (SSSR count). The number of benzene rings is 1. The second-order valence-electron chi connectivity index (χ2n) is 5.91. The summed E-state index contributed by atoms with van der Waals surface area (Å²) < 4.78 is 5.09. The lowest BCUT2D eigenvalue weighted by atomic mass is 10.2. The molecule has 0 aliphatic heterocycles. The summed E-state index contributed by atoms with van der Waals surface area (Å²) >= 11 is 5.79. The molecule has 0 saturated carbocycles. The molecule has 0 radical (unpaired) electrons. The van der Waals surface area contributed by atoms with Crippen LogP contribution in [-0.2, 0) is 6.42 Å². The topological polar surface area (TPSA) is 87.6 Å². The predicted molar refractivity (Wildman–Crippen MR) is 112 cm³/mol. The number of amides is 1. The van der Waals surface area contributed by atoms with Crippen LogP contribution in [0.4, 0.5) is 0 Å². The van der Waals surface area contributed by atoms with E-state index < -0.39 is 0 Å². The zero-order chi connectivity index (χ0) is 20.2. The van der Waals surface area contributed by atoms with Crippen LogP contribution in [0.3, 0.4) is 0 Å². The summed E-state index contributed by atoms with van der Waals surface area (Å²) in [4.78, 5) is 20.7. The Morgan fingerprint density at radius 3 is 2.50 bits per heavy atom. The Labute approximate surface area is 170 Å². The molecule has 0 fully saturated rings. The van der Waals surface area contributed by atoms with Crippen molar-refractivity contribution in [3.8, 4) is 5.75 Å². The summed E-state index contributed by atoms with van der Waals surface area (Å²) in [5.41, 5.74) is 1.67. The normalized spacial score (nSPS) is 11.0. The van der Waals surface area contributed by atoms with Crippen LogP contribution in [0.1, 0.15) is 22.8 Å². The molecule has 150 valence electrons. The third-order valence-corrected chi connectivity index (χ3v) is 4.08. The number of ether oxygens (including phenoxy) is 1. The number of rotatable bonds is 9. The van der Waals surface area contributed by atoms with Gasteiger partial charge < -0.3 is 20.7 Å². The summed E-state index contributed by atoms with van der Waals surface area (Å²) in [6.45, 7) is 4.43. The monoisotopic (exact) mass is 403 g/mol. The quantitative estimate of drug-likeness (QED) is 0.259. The molecule has 0 unspecified atom stereocenters. The van der Waals surface area contributed by atoms with Crippen molar-refractivity contribution in [1.29, 1.82) is 0 Å². The number of aromatic nitrogens is 1. The Kier molecular flexibility index (Phi) is 9.07. The number of nitrogens with one attached hydrogen (secondary N) is 3. The van der Waals surface area contributed by atoms with Crippen LogP contribution in [0.2, 0.25) is 5.15 Å². The number of pyridine rings is 1. The minimum absolute atomic E-state index is 0.123. The lowest BCUT2D eigenvalue weighted by molar-refractivity contribution is 0.0954. The highest BCUT2D eigenvalue weighted by Gasteiger charge is 2.05. The Balaban J connectivity index is 1.73. The van der Waals surface area contributed by atoms with Gasteiger partial charge in [-0.05, 0) is 49.2 Å². The molecule has 7 nitrogen and oxygen atoms in total. The number of hydrogen-bond acceptors (Lipinski definition) is 4. The molecule has 3 N–H and O–H groups in total. The van der Waals surface area contributed by atoms with Crippen LogP contribution in [0.25, 0.3) is 0 Å². The lowest BCUT2D eigenvalue weighted by Crippen LogP contribution is -2.41. The van der Waals surface area contributed by atoms with Crippen molar-refractivity contribution >= 4 is 23.5 Å². The lowest BCUT2D eigenvalue weighted by Gasteiger charge is -2.12. The van der Waals surface area contributed by atoms with Crippen LogP contribution in [0, 0.1) is 0 Å². The number of methoxy groups -OCH3 is 1. The largest absolute Gasteiger partial charge is 0.497 e. The third-order valence-electron chi connectivity index (χ3n) is 3.86. The van der Waals surface area contributed by atoms with Crippen molar-refractivity contribution in [2.45, 2.75) is 13.3 Å². The maximum Gasteiger partial charge on any atom is 0.251 e. The molecule has 28 heavy (non-hydrogen) atoms. The fourth-order valence-corrected chi connectivity index (χ4v) is 2.51. The highest BCUT2D eigenvalue weighted by Crippen LogP contribution is 2.10. The Morgan fingerprint density at radius 2 is 1.86 bits per heavy atom. The first-order valence-electron chi connectivity index (χ1n) is 9.17. The molecular weight excluding hydrogens is 378 g/mol. The number of aliphatic imine (C=N–C) groups is 1. The van der Waals surface area contributed by atoms with Gasteiger partial charge in [0, 0.05) is 37.9 Å². The van der Waals surface area contributed by atoms with Crippen molar-refractivity contribution < 1.29 is 9.53 Å². The smallest absolute Gasteiger partial charge is 0.251 e. The maximum atomic E-state index is 12.1. The van der Waals surface area contributed by atoms with Crippen molar-refractivity contribution in [2.24, 2.45) is 4.99 Å². The molecular formula is C20H26ClN5O2. The Hall–Kier alpha value is -2.80. The SMILES string of the molecule is CCNC(=NCCc1ccc(Cl)nc1)NCCNC(=O)c1ccc(OC)cc1. The molecule has 8 heteroatoms. The van der Waals surface area contributed by atoms with Crippen molar-refractivity contribution in [3.63, 3.8) is 0 Å². The van der Waals surface area contributed by atoms with Gasteiger partial charge >= 0.3 is 0 Å². The average Bonchev–Trinajstić information content (AvgIpc) is 2.72. The first kappa shape index (κ1) is 21.5. The van der Waals surface area contributed by atoms with Gasteiger partial charge in [0.15, 0.2) is 5.96 Å². The number of halogens is 1. The van der Waals surface area contributed by atoms with E-state index in [0.717, 1.165) is 24.3 Å². The van der Waals surface area contributed by atoms with Gasteiger partial charge in [0.2, 0.25) is 0 Å². The molecule has 0 bridgehead atoms. The minimum atomic E-state index is -0.123. The average molecular weight is 404 g/mol. The van der Waals surface area contributed by atoms with E-state index in [1.54, 1.807) is 43.6 Å². The van der Waals surface area contributed by atoms with Crippen molar-refractivity contribution in [3.05, 3.63) is 58.9 Å². The number of carbonyl (C=O) groups is 1. The molecule has 1 aromatic heterocycles. The second kappa shape index (κ2) is 11.8. The number of carbonyl (C=O) groups excluding carboxylic acids is 1. The fraction of sp³-hybridized carbons (Fsp3) is 0.350. The third kappa shape index (κ3) is 7.44. The summed E-state index contributed by atoms with van der Waals surface area (Å²) in [5.74, 6) is 1.31. The van der Waals surface area contributed by atoms with Gasteiger partial charge in [-0.15, -0.1) is 0 Å².